The molecular weight excluding hydrogens is 279 g/mol. The molecule has 1 aromatic carbocycles. The molecule has 0 aliphatic rings. The number of hydrogen-bond donors (Lipinski definition) is 1. The standard InChI is InChI=1S/C10H8BrClN2O/c1-15-10-5-2-9(12)14-4-6(5)7(11)3-8(10)13/h2-4H,13H2,1H3. The number of nitrogen functional groups attached to an aromatic ring is 1. The number of nitrogens with two attached hydrogens (primary N) is 1. The fourth-order valence-corrected chi connectivity index (χ4v) is 2.19. The van der Waals surface area contributed by atoms with Crippen LogP contribution in [0.15, 0.2) is 22.8 Å². The molecule has 0 saturated heterocycles. The number of hydrogen-bond acceptors (Lipinski definition) is 3. The molecule has 2 rings (SSSR count). The fourth-order valence-electron chi connectivity index (χ4n) is 1.47. The zero-order valence-electron chi connectivity index (χ0n) is 7.92. The summed E-state index contributed by atoms with van der Waals surface area (Å²) in [6, 6.07) is 3.52. The number of nitrogens with zero attached hydrogens (tertiary/aromatic N) is 1. The van der Waals surface area contributed by atoms with Crippen molar-refractivity contribution < 1.29 is 4.74 Å². The van der Waals surface area contributed by atoms with Crippen molar-refractivity contribution >= 4 is 44.0 Å². The molecule has 0 aliphatic carbocycles. The van der Waals surface area contributed by atoms with E-state index in [2.05, 4.69) is 20.9 Å². The van der Waals surface area contributed by atoms with E-state index in [1.54, 1.807) is 25.4 Å². The first-order valence-corrected chi connectivity index (χ1v) is 5.38. The Morgan fingerprint density at radius 2 is 2.13 bits per heavy atom. The van der Waals surface area contributed by atoms with Crippen LogP contribution < -0.4 is 10.5 Å². The van der Waals surface area contributed by atoms with Gasteiger partial charge >= 0.3 is 0 Å². The minimum absolute atomic E-state index is 0.415. The number of anilines is 1. The van der Waals surface area contributed by atoms with Crippen molar-refractivity contribution in [1.29, 1.82) is 0 Å². The minimum atomic E-state index is 0.415. The summed E-state index contributed by atoms with van der Waals surface area (Å²) >= 11 is 9.25. The van der Waals surface area contributed by atoms with Crippen LogP contribution in [0.4, 0.5) is 5.69 Å². The second-order valence-electron chi connectivity index (χ2n) is 3.03. The van der Waals surface area contributed by atoms with Crippen molar-refractivity contribution in [2.24, 2.45) is 0 Å². The Morgan fingerprint density at radius 3 is 2.80 bits per heavy atom. The Labute approximate surface area is 100 Å². The van der Waals surface area contributed by atoms with Crippen LogP contribution in [0.3, 0.4) is 0 Å². The molecular formula is C10H8BrClN2O. The number of ether oxygens (including phenoxy) is 1. The van der Waals surface area contributed by atoms with Gasteiger partial charge in [0.15, 0.2) is 0 Å². The van der Waals surface area contributed by atoms with Gasteiger partial charge in [0.25, 0.3) is 0 Å². The van der Waals surface area contributed by atoms with Gasteiger partial charge in [-0.3, -0.25) is 0 Å². The molecule has 0 unspecified atom stereocenters. The van der Waals surface area contributed by atoms with Crippen LogP contribution in [-0.2, 0) is 0 Å². The van der Waals surface area contributed by atoms with Crippen molar-refractivity contribution in [2.45, 2.75) is 0 Å². The van der Waals surface area contributed by atoms with Gasteiger partial charge in [-0.15, -0.1) is 0 Å². The first-order valence-electron chi connectivity index (χ1n) is 4.20. The van der Waals surface area contributed by atoms with Gasteiger partial charge in [-0.05, 0) is 12.1 Å². The largest absolute Gasteiger partial charge is 0.494 e. The van der Waals surface area contributed by atoms with E-state index in [0.29, 0.717) is 16.6 Å². The summed E-state index contributed by atoms with van der Waals surface area (Å²) in [5.41, 5.74) is 6.40. The van der Waals surface area contributed by atoms with Gasteiger partial charge in [0.1, 0.15) is 10.9 Å². The van der Waals surface area contributed by atoms with Gasteiger partial charge in [0.05, 0.1) is 12.8 Å². The Hall–Kier alpha value is -1.00. The van der Waals surface area contributed by atoms with Crippen LogP contribution in [0.1, 0.15) is 0 Å². The summed E-state index contributed by atoms with van der Waals surface area (Å²) in [4.78, 5) is 4.01. The molecule has 0 amide bonds. The Morgan fingerprint density at radius 1 is 1.40 bits per heavy atom. The number of benzene rings is 1. The zero-order chi connectivity index (χ0) is 11.0. The number of pyridine rings is 1. The lowest BCUT2D eigenvalue weighted by Gasteiger charge is -2.10. The second kappa shape index (κ2) is 3.87. The molecule has 0 saturated carbocycles. The quantitative estimate of drug-likeness (QED) is 0.647. The van der Waals surface area contributed by atoms with Crippen LogP contribution in [0.25, 0.3) is 10.8 Å². The van der Waals surface area contributed by atoms with Gasteiger partial charge in [-0.25, -0.2) is 4.98 Å². The summed E-state index contributed by atoms with van der Waals surface area (Å²) in [7, 11) is 1.58. The third kappa shape index (κ3) is 1.75. The first kappa shape index (κ1) is 10.5. The topological polar surface area (TPSA) is 48.1 Å². The van der Waals surface area contributed by atoms with Crippen molar-refractivity contribution in [3.8, 4) is 5.75 Å². The summed E-state index contributed by atoms with van der Waals surface area (Å²) < 4.78 is 6.11. The molecule has 0 radical (unpaired) electrons. The number of halogens is 2. The van der Waals surface area contributed by atoms with E-state index in [0.717, 1.165) is 15.2 Å². The van der Waals surface area contributed by atoms with E-state index >= 15 is 0 Å². The minimum Gasteiger partial charge on any atom is -0.494 e. The second-order valence-corrected chi connectivity index (χ2v) is 4.28. The maximum absolute atomic E-state index is 5.83. The maximum atomic E-state index is 5.83. The molecule has 15 heavy (non-hydrogen) atoms. The fraction of sp³-hybridized carbons (Fsp3) is 0.100. The van der Waals surface area contributed by atoms with E-state index in [9.17, 15) is 0 Å². The highest BCUT2D eigenvalue weighted by atomic mass is 79.9. The average molecular weight is 288 g/mol. The molecule has 0 bridgehead atoms. The van der Waals surface area contributed by atoms with Gasteiger partial charge in [0, 0.05) is 21.4 Å². The van der Waals surface area contributed by atoms with Gasteiger partial charge in [-0.2, -0.15) is 0 Å². The normalized spacial score (nSPS) is 10.6. The molecule has 2 aromatic rings. The summed E-state index contributed by atoms with van der Waals surface area (Å²) in [5.74, 6) is 0.623. The smallest absolute Gasteiger partial charge is 0.149 e. The van der Waals surface area contributed by atoms with Crippen LogP contribution in [0, 0.1) is 0 Å². The van der Waals surface area contributed by atoms with E-state index in [1.807, 2.05) is 0 Å². The monoisotopic (exact) mass is 286 g/mol. The van der Waals surface area contributed by atoms with Crippen LogP contribution >= 0.6 is 27.5 Å². The third-order valence-corrected chi connectivity index (χ3v) is 2.98. The number of methoxy groups -OCH3 is 1. The predicted molar refractivity (Wildman–Crippen MR) is 65.4 cm³/mol. The van der Waals surface area contributed by atoms with E-state index < -0.39 is 0 Å². The molecule has 0 fully saturated rings. The lowest BCUT2D eigenvalue weighted by atomic mass is 10.1. The van der Waals surface area contributed by atoms with Crippen LogP contribution in [0.5, 0.6) is 5.75 Å². The van der Waals surface area contributed by atoms with Crippen molar-refractivity contribution in [3.05, 3.63) is 28.0 Å². The van der Waals surface area contributed by atoms with Crippen molar-refractivity contribution in [2.75, 3.05) is 12.8 Å². The van der Waals surface area contributed by atoms with Crippen molar-refractivity contribution in [1.82, 2.24) is 4.98 Å². The maximum Gasteiger partial charge on any atom is 0.149 e. The molecule has 0 atom stereocenters. The number of rotatable bonds is 1. The third-order valence-electron chi connectivity index (χ3n) is 2.12. The average Bonchev–Trinajstić information content (AvgIpc) is 2.17. The van der Waals surface area contributed by atoms with Gasteiger partial charge < -0.3 is 10.5 Å². The number of fused-ring (bicyclic) bond motifs is 1. The molecule has 5 heteroatoms. The first-order chi connectivity index (χ1) is 7.13. The van der Waals surface area contributed by atoms with Crippen LogP contribution in [0.2, 0.25) is 5.15 Å². The SMILES string of the molecule is COc1c(N)cc(Br)c2cnc(Cl)cc12. The molecule has 1 heterocycles. The Bertz CT molecular complexity index is 530. The molecule has 0 spiro atoms. The molecule has 78 valence electrons. The highest BCUT2D eigenvalue weighted by Crippen LogP contribution is 2.37. The molecule has 0 aliphatic heterocycles. The number of aromatic nitrogens is 1. The molecule has 1 aromatic heterocycles. The Kier molecular flexibility index (Phi) is 2.71. The molecule has 2 N–H and O–H groups in total. The highest BCUT2D eigenvalue weighted by Gasteiger charge is 2.10. The van der Waals surface area contributed by atoms with E-state index in [4.69, 9.17) is 22.1 Å². The van der Waals surface area contributed by atoms with Gasteiger partial charge in [-0.1, -0.05) is 27.5 Å². The zero-order valence-corrected chi connectivity index (χ0v) is 10.3. The lowest BCUT2D eigenvalue weighted by Crippen LogP contribution is -1.94. The van der Waals surface area contributed by atoms with Crippen molar-refractivity contribution in [3.63, 3.8) is 0 Å². The molecule has 3 nitrogen and oxygen atoms in total. The van der Waals surface area contributed by atoms with Crippen LogP contribution in [-0.4, -0.2) is 12.1 Å². The summed E-state index contributed by atoms with van der Waals surface area (Å²) in [5, 5.41) is 2.19. The van der Waals surface area contributed by atoms with Gasteiger partial charge in [0.2, 0.25) is 0 Å². The lowest BCUT2D eigenvalue weighted by molar-refractivity contribution is 0.422. The highest BCUT2D eigenvalue weighted by molar-refractivity contribution is 9.10. The Balaban J connectivity index is 2.91. The summed E-state index contributed by atoms with van der Waals surface area (Å²) in [6.07, 6.45) is 1.68. The predicted octanol–water partition coefficient (Wildman–Crippen LogP) is 3.24. The van der Waals surface area contributed by atoms with E-state index in [1.165, 1.54) is 0 Å². The van der Waals surface area contributed by atoms with E-state index in [-0.39, 0.29) is 0 Å². The summed E-state index contributed by atoms with van der Waals surface area (Å²) in [6.45, 7) is 0.